The first-order chi connectivity index (χ1) is 21.4. The lowest BCUT2D eigenvalue weighted by molar-refractivity contribution is -0.116. The molecular formula is C30H27ClN6O5S2. The molecule has 44 heavy (non-hydrogen) atoms. The summed E-state index contributed by atoms with van der Waals surface area (Å²) in [6.45, 7) is 0.409. The van der Waals surface area contributed by atoms with Gasteiger partial charge >= 0.3 is 0 Å². The van der Waals surface area contributed by atoms with E-state index in [9.17, 15) is 9.59 Å². The van der Waals surface area contributed by atoms with E-state index in [1.54, 1.807) is 43.5 Å². The summed E-state index contributed by atoms with van der Waals surface area (Å²) in [6.07, 6.45) is 0.654. The molecule has 226 valence electrons. The Kier molecular flexibility index (Phi) is 10.8. The summed E-state index contributed by atoms with van der Waals surface area (Å²) in [7, 11) is 1.57. The Morgan fingerprint density at radius 2 is 1.75 bits per heavy atom. The van der Waals surface area contributed by atoms with E-state index >= 15 is 0 Å². The van der Waals surface area contributed by atoms with Gasteiger partial charge in [-0.3, -0.25) is 9.59 Å². The van der Waals surface area contributed by atoms with Gasteiger partial charge in [0.25, 0.3) is 0 Å². The Morgan fingerprint density at radius 1 is 0.955 bits per heavy atom. The largest absolute Gasteiger partial charge is 0.493 e. The highest BCUT2D eigenvalue weighted by atomic mass is 35.5. The normalized spacial score (nSPS) is 10.8. The summed E-state index contributed by atoms with van der Waals surface area (Å²) in [5.74, 6) is 1.97. The highest BCUT2D eigenvalue weighted by Crippen LogP contribution is 2.32. The molecule has 2 N–H and O–H groups in total. The molecule has 0 atom stereocenters. The number of thioether (sulfide) groups is 1. The van der Waals surface area contributed by atoms with Crippen LogP contribution in [0.4, 0.5) is 10.8 Å². The van der Waals surface area contributed by atoms with E-state index in [-0.39, 0.29) is 24.7 Å². The van der Waals surface area contributed by atoms with E-state index in [1.807, 2.05) is 36.4 Å². The molecule has 0 aliphatic rings. The molecule has 3 aromatic carbocycles. The van der Waals surface area contributed by atoms with Gasteiger partial charge in [0.05, 0.1) is 7.11 Å². The van der Waals surface area contributed by atoms with E-state index in [4.69, 9.17) is 25.6 Å². The molecule has 0 fully saturated rings. The van der Waals surface area contributed by atoms with Crippen LogP contribution in [0.15, 0.2) is 81.7 Å². The van der Waals surface area contributed by atoms with E-state index < -0.39 is 0 Å². The molecule has 14 heteroatoms. The molecule has 5 aromatic rings. The minimum Gasteiger partial charge on any atom is -0.493 e. The van der Waals surface area contributed by atoms with Crippen LogP contribution >= 0.6 is 34.7 Å². The molecule has 2 heterocycles. The number of amides is 2. The number of hydrogen-bond donors (Lipinski definition) is 2. The van der Waals surface area contributed by atoms with Crippen molar-refractivity contribution in [2.24, 2.45) is 0 Å². The molecule has 0 aliphatic carbocycles. The van der Waals surface area contributed by atoms with Crippen molar-refractivity contribution in [1.29, 1.82) is 0 Å². The van der Waals surface area contributed by atoms with Gasteiger partial charge in [0.2, 0.25) is 28.7 Å². The van der Waals surface area contributed by atoms with Crippen molar-refractivity contribution in [3.8, 4) is 22.9 Å². The van der Waals surface area contributed by atoms with Crippen molar-refractivity contribution in [2.45, 2.75) is 30.2 Å². The number of aromatic nitrogens is 4. The minimum atomic E-state index is -0.263. The van der Waals surface area contributed by atoms with Crippen LogP contribution in [0.3, 0.4) is 0 Å². The average molecular weight is 651 g/mol. The van der Waals surface area contributed by atoms with Gasteiger partial charge in [-0.1, -0.05) is 70.2 Å². The Balaban J connectivity index is 1.05. The molecule has 0 saturated heterocycles. The lowest BCUT2D eigenvalue weighted by Crippen LogP contribution is -2.12. The average Bonchev–Trinajstić information content (AvgIpc) is 3.70. The first kappa shape index (κ1) is 31.0. The molecule has 0 saturated carbocycles. The second kappa shape index (κ2) is 15.3. The first-order valence-corrected chi connectivity index (χ1v) is 15.6. The first-order valence-electron chi connectivity index (χ1n) is 13.4. The number of anilines is 2. The molecule has 0 aliphatic heterocycles. The van der Waals surface area contributed by atoms with Crippen LogP contribution < -0.4 is 20.1 Å². The van der Waals surface area contributed by atoms with E-state index in [0.717, 1.165) is 5.56 Å². The van der Waals surface area contributed by atoms with Crippen molar-refractivity contribution in [3.63, 3.8) is 0 Å². The lowest BCUT2D eigenvalue weighted by atomic mass is 10.2. The van der Waals surface area contributed by atoms with Crippen LogP contribution in [0.2, 0.25) is 5.02 Å². The number of nitrogens with one attached hydrogen (secondary N) is 2. The number of halogens is 1. The van der Waals surface area contributed by atoms with Crippen LogP contribution in [-0.4, -0.2) is 45.0 Å². The van der Waals surface area contributed by atoms with Crippen LogP contribution in [0, 0.1) is 0 Å². The fraction of sp³-hybridized carbons (Fsp3) is 0.200. The van der Waals surface area contributed by atoms with E-state index in [0.29, 0.717) is 67.7 Å². The minimum absolute atomic E-state index is 0.115. The summed E-state index contributed by atoms with van der Waals surface area (Å²) >= 11 is 8.49. The zero-order chi connectivity index (χ0) is 30.7. The smallest absolute Gasteiger partial charge is 0.227 e. The molecule has 0 bridgehead atoms. The molecular weight excluding hydrogens is 624 g/mol. The quantitative estimate of drug-likeness (QED) is 0.101. The third-order valence-corrected chi connectivity index (χ3v) is 8.25. The summed E-state index contributed by atoms with van der Waals surface area (Å²) < 4.78 is 17.4. The molecule has 0 radical (unpaired) electrons. The van der Waals surface area contributed by atoms with Gasteiger partial charge in [-0.25, -0.2) is 0 Å². The highest BCUT2D eigenvalue weighted by molar-refractivity contribution is 8.01. The van der Waals surface area contributed by atoms with Gasteiger partial charge in [0.1, 0.15) is 6.61 Å². The molecule has 2 aromatic heterocycles. The van der Waals surface area contributed by atoms with Gasteiger partial charge in [-0.15, -0.1) is 10.2 Å². The zero-order valence-corrected chi connectivity index (χ0v) is 25.9. The van der Waals surface area contributed by atoms with Crippen LogP contribution in [0.1, 0.15) is 24.3 Å². The van der Waals surface area contributed by atoms with Crippen LogP contribution in [0.5, 0.6) is 11.5 Å². The summed E-state index contributed by atoms with van der Waals surface area (Å²) in [4.78, 5) is 29.1. The fourth-order valence-corrected chi connectivity index (χ4v) is 5.75. The third kappa shape index (κ3) is 9.02. The van der Waals surface area contributed by atoms with Gasteiger partial charge in [0.15, 0.2) is 15.8 Å². The van der Waals surface area contributed by atoms with Crippen molar-refractivity contribution >= 4 is 57.3 Å². The number of hydrogen-bond acceptors (Lipinski definition) is 11. The molecule has 11 nitrogen and oxygen atoms in total. The SMILES string of the molecule is COc1cc(-c2noc(CCC(=O)Nc3nnc(SCCC(=O)Nc4ccc(Cl)cc4)s3)n2)ccc1OCc1ccccc1. The number of aryl methyl sites for hydroxylation is 1. The van der Waals surface area contributed by atoms with E-state index in [1.165, 1.54) is 23.1 Å². The monoisotopic (exact) mass is 650 g/mol. The predicted octanol–water partition coefficient (Wildman–Crippen LogP) is 6.52. The standard InChI is InChI=1S/C30H27ClN6O5S2/c1-40-24-17-20(7-12-23(24)41-18-19-5-3-2-4-6-19)28-34-27(42-37-28)14-13-25(38)33-29-35-36-30(44-29)43-16-15-26(39)32-22-10-8-21(31)9-11-22/h2-12,17H,13-16,18H2,1H3,(H,32,39)(H,33,35,38). The van der Waals surface area contributed by atoms with Crippen molar-refractivity contribution in [1.82, 2.24) is 20.3 Å². The fourth-order valence-electron chi connectivity index (χ4n) is 3.84. The number of carbonyl (C=O) groups is 2. The Labute approximate surface area is 266 Å². The maximum Gasteiger partial charge on any atom is 0.227 e. The van der Waals surface area contributed by atoms with Crippen molar-refractivity contribution < 1.29 is 23.6 Å². The number of nitrogens with zero attached hydrogens (tertiary/aromatic N) is 4. The number of methoxy groups -OCH3 is 1. The third-order valence-electron chi connectivity index (χ3n) is 6.03. The number of benzene rings is 3. The summed E-state index contributed by atoms with van der Waals surface area (Å²) in [5.41, 5.74) is 2.42. The molecule has 0 spiro atoms. The Morgan fingerprint density at radius 3 is 2.55 bits per heavy atom. The van der Waals surface area contributed by atoms with Crippen LogP contribution in [-0.2, 0) is 22.6 Å². The summed E-state index contributed by atoms with van der Waals surface area (Å²) in [6, 6.07) is 22.1. The van der Waals surface area contributed by atoms with E-state index in [2.05, 4.69) is 31.0 Å². The van der Waals surface area contributed by atoms with Crippen molar-refractivity contribution in [2.75, 3.05) is 23.5 Å². The van der Waals surface area contributed by atoms with Gasteiger partial charge in [-0.05, 0) is 48.0 Å². The number of rotatable bonds is 14. The van der Waals surface area contributed by atoms with Crippen molar-refractivity contribution in [3.05, 3.63) is 89.3 Å². The topological polar surface area (TPSA) is 141 Å². The number of carbonyl (C=O) groups excluding carboxylic acids is 2. The summed E-state index contributed by atoms with van der Waals surface area (Å²) in [5, 5.41) is 18.7. The number of ether oxygens (including phenoxy) is 2. The lowest BCUT2D eigenvalue weighted by Gasteiger charge is -2.11. The maximum atomic E-state index is 12.5. The second-order valence-corrected chi connectivity index (χ2v) is 12.0. The predicted molar refractivity (Wildman–Crippen MR) is 169 cm³/mol. The molecule has 2 amide bonds. The maximum absolute atomic E-state index is 12.5. The van der Waals surface area contributed by atoms with Crippen LogP contribution in [0.25, 0.3) is 11.4 Å². The van der Waals surface area contributed by atoms with Gasteiger partial charge in [-0.2, -0.15) is 4.98 Å². The highest BCUT2D eigenvalue weighted by Gasteiger charge is 2.15. The Bertz CT molecular complexity index is 1700. The molecule has 0 unspecified atom stereocenters. The zero-order valence-electron chi connectivity index (χ0n) is 23.5. The van der Waals surface area contributed by atoms with Gasteiger partial charge in [0, 0.05) is 41.3 Å². The Hall–Kier alpha value is -4.46. The molecule has 5 rings (SSSR count). The second-order valence-electron chi connectivity index (χ2n) is 9.23. The van der Waals surface area contributed by atoms with Gasteiger partial charge < -0.3 is 24.6 Å².